The zero-order valence-corrected chi connectivity index (χ0v) is 15.5. The number of anilines is 1. The summed E-state index contributed by atoms with van der Waals surface area (Å²) in [6, 6.07) is 12.2. The summed E-state index contributed by atoms with van der Waals surface area (Å²) in [5, 5.41) is 7.59. The second-order valence-electron chi connectivity index (χ2n) is 6.10. The fourth-order valence-corrected chi connectivity index (χ4v) is 4.30. The van der Waals surface area contributed by atoms with Crippen LogP contribution < -0.4 is 10.5 Å². The van der Waals surface area contributed by atoms with Gasteiger partial charge in [-0.2, -0.15) is 0 Å². The Morgan fingerprint density at radius 2 is 1.80 bits per heavy atom. The summed E-state index contributed by atoms with van der Waals surface area (Å²) in [5.41, 5.74) is 3.34. The molecule has 0 saturated heterocycles. The molecule has 5 nitrogen and oxygen atoms in total. The van der Waals surface area contributed by atoms with E-state index >= 15 is 0 Å². The van der Waals surface area contributed by atoms with E-state index in [9.17, 15) is 13.2 Å². The first kappa shape index (κ1) is 18.0. The van der Waals surface area contributed by atoms with Crippen LogP contribution in [0.1, 0.15) is 24.5 Å². The Balaban J connectivity index is 1.62. The number of thioether (sulfide) groups is 1. The fourth-order valence-electron chi connectivity index (χ4n) is 2.85. The monoisotopic (exact) mass is 376 g/mol. The van der Waals surface area contributed by atoms with Crippen LogP contribution in [-0.2, 0) is 27.7 Å². The number of primary sulfonamides is 1. The average Bonchev–Trinajstić information content (AvgIpc) is 3.02. The van der Waals surface area contributed by atoms with Crippen LogP contribution in [0.4, 0.5) is 5.69 Å². The molecule has 2 aromatic carbocycles. The molecule has 0 radical (unpaired) electrons. The van der Waals surface area contributed by atoms with Crippen molar-refractivity contribution in [3.63, 3.8) is 0 Å². The van der Waals surface area contributed by atoms with Crippen LogP contribution in [0.3, 0.4) is 0 Å². The number of rotatable bonds is 5. The lowest BCUT2D eigenvalue weighted by molar-refractivity contribution is -0.115. The van der Waals surface area contributed by atoms with Gasteiger partial charge < -0.3 is 5.32 Å². The molecule has 132 valence electrons. The maximum atomic E-state index is 12.4. The van der Waals surface area contributed by atoms with Gasteiger partial charge in [0.2, 0.25) is 15.9 Å². The highest BCUT2D eigenvalue weighted by Gasteiger charge is 2.17. The highest BCUT2D eigenvalue weighted by Crippen LogP contribution is 2.30. The van der Waals surface area contributed by atoms with Crippen LogP contribution in [0, 0.1) is 0 Å². The van der Waals surface area contributed by atoms with E-state index < -0.39 is 10.0 Å². The van der Waals surface area contributed by atoms with E-state index in [-0.39, 0.29) is 16.1 Å². The molecular formula is C18H20N2O3S2. The van der Waals surface area contributed by atoms with Crippen LogP contribution in [0.5, 0.6) is 0 Å². The molecule has 7 heteroatoms. The van der Waals surface area contributed by atoms with E-state index in [1.54, 1.807) is 0 Å². The van der Waals surface area contributed by atoms with Crippen molar-refractivity contribution in [3.8, 4) is 0 Å². The van der Waals surface area contributed by atoms with Crippen molar-refractivity contribution in [2.45, 2.75) is 41.2 Å². The van der Waals surface area contributed by atoms with E-state index in [0.717, 1.165) is 17.7 Å². The Morgan fingerprint density at radius 1 is 1.12 bits per heavy atom. The van der Waals surface area contributed by atoms with Crippen molar-refractivity contribution in [1.29, 1.82) is 0 Å². The molecule has 0 bridgehead atoms. The molecule has 1 aliphatic rings. The molecule has 25 heavy (non-hydrogen) atoms. The summed E-state index contributed by atoms with van der Waals surface area (Å²) in [4.78, 5) is 13.5. The maximum absolute atomic E-state index is 12.4. The molecule has 3 N–H and O–H groups in total. The number of hydrogen-bond donors (Lipinski definition) is 2. The van der Waals surface area contributed by atoms with Gasteiger partial charge >= 0.3 is 0 Å². The number of amides is 1. The average molecular weight is 377 g/mol. The lowest BCUT2D eigenvalue weighted by Crippen LogP contribution is -2.22. The number of fused-ring (bicyclic) bond motifs is 1. The van der Waals surface area contributed by atoms with Crippen LogP contribution in [-0.4, -0.2) is 19.6 Å². The lowest BCUT2D eigenvalue weighted by atomic mass is 10.1. The van der Waals surface area contributed by atoms with Gasteiger partial charge in [-0.1, -0.05) is 6.07 Å². The first-order valence-corrected chi connectivity index (χ1v) is 10.5. The molecule has 0 aromatic heterocycles. The SMILES string of the molecule is CC(Sc1ccc2c(c1)CCC2)C(=O)Nc1ccc(S(N)(=O)=O)cc1. The molecule has 1 aliphatic carbocycles. The minimum atomic E-state index is -3.73. The smallest absolute Gasteiger partial charge is 0.238 e. The molecule has 2 aromatic rings. The first-order chi connectivity index (χ1) is 11.8. The van der Waals surface area contributed by atoms with Crippen molar-refractivity contribution < 1.29 is 13.2 Å². The molecule has 0 spiro atoms. The van der Waals surface area contributed by atoms with Crippen LogP contribution in [0.15, 0.2) is 52.3 Å². The van der Waals surface area contributed by atoms with Crippen molar-refractivity contribution in [3.05, 3.63) is 53.6 Å². The van der Waals surface area contributed by atoms with Crippen molar-refractivity contribution >= 4 is 33.4 Å². The number of sulfonamides is 1. The standard InChI is InChI=1S/C18H20N2O3S2/c1-12(24-16-8-5-13-3-2-4-14(13)11-16)18(21)20-15-6-9-17(10-7-15)25(19,22)23/h5-12H,2-4H2,1H3,(H,20,21)(H2,19,22,23). The van der Waals surface area contributed by atoms with Gasteiger partial charge in [-0.15, -0.1) is 11.8 Å². The predicted molar refractivity (Wildman–Crippen MR) is 100 cm³/mol. The van der Waals surface area contributed by atoms with Gasteiger partial charge in [0.1, 0.15) is 0 Å². The second kappa shape index (κ2) is 7.19. The molecule has 0 fully saturated rings. The third-order valence-corrected chi connectivity index (χ3v) is 6.23. The van der Waals surface area contributed by atoms with Crippen LogP contribution in [0.2, 0.25) is 0 Å². The minimum Gasteiger partial charge on any atom is -0.325 e. The summed E-state index contributed by atoms with van der Waals surface area (Å²) in [6.07, 6.45) is 3.46. The summed E-state index contributed by atoms with van der Waals surface area (Å²) in [7, 11) is -3.73. The largest absolute Gasteiger partial charge is 0.325 e. The van der Waals surface area contributed by atoms with Crippen molar-refractivity contribution in [1.82, 2.24) is 0 Å². The van der Waals surface area contributed by atoms with Gasteiger partial charge in [0, 0.05) is 10.6 Å². The van der Waals surface area contributed by atoms with Gasteiger partial charge in [-0.25, -0.2) is 13.6 Å². The molecule has 1 amide bonds. The number of benzene rings is 2. The Morgan fingerprint density at radius 3 is 2.48 bits per heavy atom. The van der Waals surface area contributed by atoms with E-state index in [0.29, 0.717) is 5.69 Å². The van der Waals surface area contributed by atoms with Crippen LogP contribution >= 0.6 is 11.8 Å². The lowest BCUT2D eigenvalue weighted by Gasteiger charge is -2.13. The number of aryl methyl sites for hydroxylation is 2. The summed E-state index contributed by atoms with van der Waals surface area (Å²) < 4.78 is 22.5. The molecule has 1 unspecified atom stereocenters. The zero-order chi connectivity index (χ0) is 18.0. The topological polar surface area (TPSA) is 89.3 Å². The molecule has 0 heterocycles. The van der Waals surface area contributed by atoms with E-state index in [4.69, 9.17) is 5.14 Å². The fraction of sp³-hybridized carbons (Fsp3) is 0.278. The zero-order valence-electron chi connectivity index (χ0n) is 13.9. The Hall–Kier alpha value is -1.83. The Labute approximate surface area is 152 Å². The van der Waals surface area contributed by atoms with Gasteiger partial charge in [0.15, 0.2) is 0 Å². The van der Waals surface area contributed by atoms with Gasteiger partial charge in [0.05, 0.1) is 10.1 Å². The molecule has 0 saturated carbocycles. The number of nitrogens with one attached hydrogen (secondary N) is 1. The minimum absolute atomic E-state index is 0.0195. The summed E-state index contributed by atoms with van der Waals surface area (Å²) >= 11 is 1.52. The maximum Gasteiger partial charge on any atom is 0.238 e. The number of hydrogen-bond acceptors (Lipinski definition) is 4. The van der Waals surface area contributed by atoms with Crippen molar-refractivity contribution in [2.75, 3.05) is 5.32 Å². The summed E-state index contributed by atoms with van der Waals surface area (Å²) in [6.45, 7) is 1.85. The first-order valence-electron chi connectivity index (χ1n) is 8.05. The molecule has 0 aliphatic heterocycles. The van der Waals surface area contributed by atoms with Gasteiger partial charge in [-0.05, 0) is 73.7 Å². The van der Waals surface area contributed by atoms with Crippen molar-refractivity contribution in [2.24, 2.45) is 5.14 Å². The highest BCUT2D eigenvalue weighted by atomic mass is 32.2. The van der Waals surface area contributed by atoms with E-state index in [1.165, 1.54) is 53.6 Å². The van der Waals surface area contributed by atoms with Gasteiger partial charge in [0.25, 0.3) is 0 Å². The molecule has 1 atom stereocenters. The number of carbonyl (C=O) groups is 1. The second-order valence-corrected chi connectivity index (χ2v) is 9.08. The van der Waals surface area contributed by atoms with Crippen LogP contribution in [0.25, 0.3) is 0 Å². The number of carbonyl (C=O) groups excluding carboxylic acids is 1. The number of nitrogens with two attached hydrogens (primary N) is 1. The van der Waals surface area contributed by atoms with Gasteiger partial charge in [-0.3, -0.25) is 4.79 Å². The molecular weight excluding hydrogens is 356 g/mol. The highest BCUT2D eigenvalue weighted by molar-refractivity contribution is 8.00. The third-order valence-electron chi connectivity index (χ3n) is 4.20. The Bertz CT molecular complexity index is 893. The van der Waals surface area contributed by atoms with E-state index in [2.05, 4.69) is 23.5 Å². The Kier molecular flexibility index (Phi) is 5.17. The quantitative estimate of drug-likeness (QED) is 0.785. The third kappa shape index (κ3) is 4.42. The van der Waals surface area contributed by atoms with E-state index in [1.807, 2.05) is 6.92 Å². The molecule has 3 rings (SSSR count). The normalized spacial score (nSPS) is 14.8. The summed E-state index contributed by atoms with van der Waals surface area (Å²) in [5.74, 6) is -0.131. The predicted octanol–water partition coefficient (Wildman–Crippen LogP) is 2.94.